The molecule has 0 fully saturated rings. The SMILES string of the molecule is CCCC1C[C@@H](O)c2cc(C)ccc2O1. The Morgan fingerprint density at radius 1 is 1.47 bits per heavy atom. The van der Waals surface area contributed by atoms with Crippen molar-refractivity contribution >= 4 is 0 Å². The van der Waals surface area contributed by atoms with E-state index in [1.165, 1.54) is 5.56 Å². The molecule has 1 unspecified atom stereocenters. The van der Waals surface area contributed by atoms with Crippen LogP contribution < -0.4 is 4.74 Å². The number of ether oxygens (including phenoxy) is 1. The zero-order chi connectivity index (χ0) is 10.8. The highest BCUT2D eigenvalue weighted by atomic mass is 16.5. The predicted octanol–water partition coefficient (Wildman–Crippen LogP) is 2.98. The average molecular weight is 206 g/mol. The van der Waals surface area contributed by atoms with Gasteiger partial charge in [0.15, 0.2) is 0 Å². The van der Waals surface area contributed by atoms with Crippen LogP contribution in [-0.2, 0) is 0 Å². The number of aryl methyl sites for hydroxylation is 1. The largest absolute Gasteiger partial charge is 0.490 e. The highest BCUT2D eigenvalue weighted by molar-refractivity contribution is 5.40. The van der Waals surface area contributed by atoms with Gasteiger partial charge < -0.3 is 9.84 Å². The standard InChI is InChI=1S/C13H18O2/c1-3-4-10-8-12(14)11-7-9(2)5-6-13(11)15-10/h5-7,10,12,14H,3-4,8H2,1-2H3/t10?,12-/m1/s1. The third-order valence-corrected chi connectivity index (χ3v) is 2.91. The first-order valence-corrected chi connectivity index (χ1v) is 5.66. The Balaban J connectivity index is 2.24. The summed E-state index contributed by atoms with van der Waals surface area (Å²) in [7, 11) is 0. The van der Waals surface area contributed by atoms with Gasteiger partial charge in [0.05, 0.1) is 6.10 Å². The molecule has 1 heterocycles. The zero-order valence-corrected chi connectivity index (χ0v) is 9.36. The van der Waals surface area contributed by atoms with E-state index in [1.807, 2.05) is 25.1 Å². The third kappa shape index (κ3) is 2.15. The van der Waals surface area contributed by atoms with Gasteiger partial charge in [-0.25, -0.2) is 0 Å². The third-order valence-electron chi connectivity index (χ3n) is 2.91. The number of aliphatic hydroxyl groups excluding tert-OH is 1. The van der Waals surface area contributed by atoms with E-state index in [0.717, 1.165) is 30.6 Å². The minimum atomic E-state index is -0.356. The maximum atomic E-state index is 10.0. The van der Waals surface area contributed by atoms with E-state index >= 15 is 0 Å². The summed E-state index contributed by atoms with van der Waals surface area (Å²) in [5, 5.41) is 10.0. The van der Waals surface area contributed by atoms with Crippen molar-refractivity contribution in [2.45, 2.75) is 45.3 Å². The van der Waals surface area contributed by atoms with Crippen LogP contribution in [0.1, 0.15) is 43.4 Å². The molecule has 2 nitrogen and oxygen atoms in total. The van der Waals surface area contributed by atoms with Crippen LogP contribution >= 0.6 is 0 Å². The Hall–Kier alpha value is -1.02. The Morgan fingerprint density at radius 2 is 2.27 bits per heavy atom. The van der Waals surface area contributed by atoms with Crippen molar-refractivity contribution < 1.29 is 9.84 Å². The van der Waals surface area contributed by atoms with Gasteiger partial charge in [-0.1, -0.05) is 25.0 Å². The number of rotatable bonds is 2. The molecule has 0 aromatic heterocycles. The summed E-state index contributed by atoms with van der Waals surface area (Å²) in [5.41, 5.74) is 2.12. The first-order chi connectivity index (χ1) is 7.20. The van der Waals surface area contributed by atoms with Crippen molar-refractivity contribution in [2.75, 3.05) is 0 Å². The molecule has 15 heavy (non-hydrogen) atoms. The molecule has 0 saturated carbocycles. The molecule has 0 bridgehead atoms. The van der Waals surface area contributed by atoms with Crippen molar-refractivity contribution in [3.8, 4) is 5.75 Å². The van der Waals surface area contributed by atoms with Crippen LogP contribution in [-0.4, -0.2) is 11.2 Å². The molecular formula is C13H18O2. The lowest BCUT2D eigenvalue weighted by Gasteiger charge is -2.29. The van der Waals surface area contributed by atoms with Crippen LogP contribution in [0.5, 0.6) is 5.75 Å². The first-order valence-electron chi connectivity index (χ1n) is 5.66. The molecule has 0 radical (unpaired) electrons. The van der Waals surface area contributed by atoms with Gasteiger partial charge in [-0.2, -0.15) is 0 Å². The van der Waals surface area contributed by atoms with Crippen molar-refractivity contribution in [3.63, 3.8) is 0 Å². The molecule has 0 aliphatic carbocycles. The van der Waals surface area contributed by atoms with Crippen LogP contribution in [0.3, 0.4) is 0 Å². The van der Waals surface area contributed by atoms with Crippen molar-refractivity contribution in [2.24, 2.45) is 0 Å². The summed E-state index contributed by atoms with van der Waals surface area (Å²) in [5.74, 6) is 0.859. The second-order valence-electron chi connectivity index (χ2n) is 4.32. The molecule has 2 rings (SSSR count). The normalized spacial score (nSPS) is 24.5. The molecule has 0 spiro atoms. The van der Waals surface area contributed by atoms with Crippen LogP contribution in [0.4, 0.5) is 0 Å². The van der Waals surface area contributed by atoms with Crippen LogP contribution in [0.2, 0.25) is 0 Å². The van der Waals surface area contributed by atoms with Gasteiger partial charge >= 0.3 is 0 Å². The van der Waals surface area contributed by atoms with Gasteiger partial charge in [0, 0.05) is 12.0 Å². The Morgan fingerprint density at radius 3 is 3.00 bits per heavy atom. The molecule has 1 aliphatic heterocycles. The van der Waals surface area contributed by atoms with E-state index in [4.69, 9.17) is 4.74 Å². The second-order valence-corrected chi connectivity index (χ2v) is 4.32. The van der Waals surface area contributed by atoms with Gasteiger partial charge in [-0.05, 0) is 25.5 Å². The lowest BCUT2D eigenvalue weighted by atomic mass is 9.96. The predicted molar refractivity (Wildman–Crippen MR) is 60.1 cm³/mol. The fourth-order valence-corrected chi connectivity index (χ4v) is 2.14. The molecule has 2 atom stereocenters. The molecule has 1 aliphatic rings. The maximum Gasteiger partial charge on any atom is 0.125 e. The number of benzene rings is 1. The van der Waals surface area contributed by atoms with E-state index in [0.29, 0.717) is 0 Å². The van der Waals surface area contributed by atoms with Gasteiger partial charge in [0.25, 0.3) is 0 Å². The minimum Gasteiger partial charge on any atom is -0.490 e. The second kappa shape index (κ2) is 4.23. The van der Waals surface area contributed by atoms with E-state index in [1.54, 1.807) is 0 Å². The van der Waals surface area contributed by atoms with Gasteiger partial charge in [0.2, 0.25) is 0 Å². The van der Waals surface area contributed by atoms with Crippen LogP contribution in [0, 0.1) is 6.92 Å². The van der Waals surface area contributed by atoms with Crippen molar-refractivity contribution in [3.05, 3.63) is 29.3 Å². The summed E-state index contributed by atoms with van der Waals surface area (Å²) < 4.78 is 5.84. The van der Waals surface area contributed by atoms with E-state index < -0.39 is 0 Å². The summed E-state index contributed by atoms with van der Waals surface area (Å²) in [6.07, 6.45) is 2.66. The summed E-state index contributed by atoms with van der Waals surface area (Å²) >= 11 is 0. The number of fused-ring (bicyclic) bond motifs is 1. The van der Waals surface area contributed by atoms with Crippen molar-refractivity contribution in [1.82, 2.24) is 0 Å². The molecule has 82 valence electrons. The van der Waals surface area contributed by atoms with Gasteiger partial charge in [0.1, 0.15) is 11.9 Å². The highest BCUT2D eigenvalue weighted by Crippen LogP contribution is 2.36. The monoisotopic (exact) mass is 206 g/mol. The Bertz CT molecular complexity index is 346. The van der Waals surface area contributed by atoms with E-state index in [2.05, 4.69) is 6.92 Å². The first kappa shape index (κ1) is 10.5. The molecule has 2 heteroatoms. The summed E-state index contributed by atoms with van der Waals surface area (Å²) in [6, 6.07) is 6.01. The molecule has 1 aromatic carbocycles. The lowest BCUT2D eigenvalue weighted by Crippen LogP contribution is -2.25. The summed E-state index contributed by atoms with van der Waals surface area (Å²) in [6.45, 7) is 4.17. The fourth-order valence-electron chi connectivity index (χ4n) is 2.14. The minimum absolute atomic E-state index is 0.181. The lowest BCUT2D eigenvalue weighted by molar-refractivity contribution is 0.0614. The topological polar surface area (TPSA) is 29.5 Å². The van der Waals surface area contributed by atoms with Crippen molar-refractivity contribution in [1.29, 1.82) is 0 Å². The van der Waals surface area contributed by atoms with Gasteiger partial charge in [-0.15, -0.1) is 0 Å². The molecule has 1 N–H and O–H groups in total. The molecule has 0 saturated heterocycles. The number of hydrogen-bond donors (Lipinski definition) is 1. The number of hydrogen-bond acceptors (Lipinski definition) is 2. The fraction of sp³-hybridized carbons (Fsp3) is 0.538. The average Bonchev–Trinajstić information content (AvgIpc) is 2.20. The van der Waals surface area contributed by atoms with E-state index in [-0.39, 0.29) is 12.2 Å². The Kier molecular flexibility index (Phi) is 2.96. The smallest absolute Gasteiger partial charge is 0.125 e. The van der Waals surface area contributed by atoms with Crippen LogP contribution in [0.15, 0.2) is 18.2 Å². The Labute approximate surface area is 90.9 Å². The quantitative estimate of drug-likeness (QED) is 0.806. The van der Waals surface area contributed by atoms with Crippen LogP contribution in [0.25, 0.3) is 0 Å². The molecule has 1 aromatic rings. The van der Waals surface area contributed by atoms with E-state index in [9.17, 15) is 5.11 Å². The highest BCUT2D eigenvalue weighted by Gasteiger charge is 2.25. The van der Waals surface area contributed by atoms with Gasteiger partial charge in [-0.3, -0.25) is 0 Å². The molecule has 0 amide bonds. The zero-order valence-electron chi connectivity index (χ0n) is 9.36. The number of aliphatic hydroxyl groups is 1. The maximum absolute atomic E-state index is 10.0. The summed E-state index contributed by atoms with van der Waals surface area (Å²) in [4.78, 5) is 0. The molecular weight excluding hydrogens is 188 g/mol.